The zero-order chi connectivity index (χ0) is 22.3. The molecule has 0 fully saturated rings. The second-order valence-electron chi connectivity index (χ2n) is 8.03. The average molecular weight is 469 g/mol. The van der Waals surface area contributed by atoms with Crippen molar-refractivity contribution < 1.29 is 17.9 Å². The van der Waals surface area contributed by atoms with Gasteiger partial charge in [0, 0.05) is 17.3 Å². The number of anilines is 1. The molecule has 1 aliphatic rings. The number of rotatable bonds is 6. The van der Waals surface area contributed by atoms with Gasteiger partial charge < -0.3 is 10.1 Å². The third-order valence-corrected chi connectivity index (χ3v) is 6.09. The molecule has 0 radical (unpaired) electrons. The van der Waals surface area contributed by atoms with E-state index >= 15 is 0 Å². The number of aryl methyl sites for hydroxylation is 2. The fourth-order valence-corrected chi connectivity index (χ4v) is 4.35. The highest BCUT2D eigenvalue weighted by molar-refractivity contribution is 5.85. The minimum absolute atomic E-state index is 0. The summed E-state index contributed by atoms with van der Waals surface area (Å²) in [4.78, 5) is 4.70. The second-order valence-corrected chi connectivity index (χ2v) is 8.03. The van der Waals surface area contributed by atoms with Crippen LogP contribution >= 0.6 is 12.4 Å². The van der Waals surface area contributed by atoms with Gasteiger partial charge in [0.25, 0.3) is 0 Å². The number of alkyl halides is 3. The summed E-state index contributed by atoms with van der Waals surface area (Å²) < 4.78 is 49.0. The standard InChI is InChI=1S/C23H27F3N4O.ClH/c1-5-14(6-2)27-21-17-8-7-9-18(17)28-22-19(20(23(24,25)26)29-30(21)22)16-11-10-15(31-4)12-13(16)3;/h10-12,14,27H,5-9H2,1-4H3;1H. The Morgan fingerprint density at radius 1 is 1.19 bits per heavy atom. The number of ether oxygens (including phenoxy) is 1. The van der Waals surface area contributed by atoms with Gasteiger partial charge in [0.2, 0.25) is 0 Å². The van der Waals surface area contributed by atoms with E-state index in [0.29, 0.717) is 22.7 Å². The van der Waals surface area contributed by atoms with Crippen LogP contribution in [0.1, 0.15) is 55.6 Å². The van der Waals surface area contributed by atoms with E-state index in [-0.39, 0.29) is 29.7 Å². The van der Waals surface area contributed by atoms with Gasteiger partial charge in [-0.05, 0) is 62.3 Å². The Morgan fingerprint density at radius 2 is 1.91 bits per heavy atom. The number of halogens is 4. The molecular weight excluding hydrogens is 441 g/mol. The topological polar surface area (TPSA) is 51.5 Å². The van der Waals surface area contributed by atoms with Crippen molar-refractivity contribution in [3.8, 4) is 16.9 Å². The zero-order valence-electron chi connectivity index (χ0n) is 18.6. The Balaban J connectivity index is 0.00000289. The van der Waals surface area contributed by atoms with Crippen molar-refractivity contribution in [2.45, 2.75) is 65.1 Å². The summed E-state index contributed by atoms with van der Waals surface area (Å²) >= 11 is 0. The van der Waals surface area contributed by atoms with Crippen LogP contribution < -0.4 is 10.1 Å². The molecule has 0 spiro atoms. The predicted octanol–water partition coefficient (Wildman–Crippen LogP) is 6.24. The first-order valence-electron chi connectivity index (χ1n) is 10.7. The van der Waals surface area contributed by atoms with Crippen LogP contribution in [0.5, 0.6) is 5.75 Å². The highest BCUT2D eigenvalue weighted by Crippen LogP contribution is 2.42. The monoisotopic (exact) mass is 468 g/mol. The van der Waals surface area contributed by atoms with E-state index in [4.69, 9.17) is 9.72 Å². The van der Waals surface area contributed by atoms with Crippen LogP contribution in [0.25, 0.3) is 16.8 Å². The van der Waals surface area contributed by atoms with E-state index in [1.165, 1.54) is 11.6 Å². The van der Waals surface area contributed by atoms with Crippen molar-refractivity contribution in [2.24, 2.45) is 0 Å². The number of hydrogen-bond acceptors (Lipinski definition) is 4. The molecule has 0 unspecified atom stereocenters. The van der Waals surface area contributed by atoms with Gasteiger partial charge in [-0.3, -0.25) is 0 Å². The number of benzene rings is 1. The van der Waals surface area contributed by atoms with Crippen LogP contribution in [-0.2, 0) is 19.0 Å². The van der Waals surface area contributed by atoms with Crippen LogP contribution in [0.15, 0.2) is 18.2 Å². The summed E-state index contributed by atoms with van der Waals surface area (Å²) in [5.74, 6) is 1.24. The SMILES string of the molecule is CCC(CC)Nc1c2c(nc3c(-c4ccc(OC)cc4C)c(C(F)(F)F)nn13)CCC2.Cl. The average Bonchev–Trinajstić information content (AvgIpc) is 3.35. The van der Waals surface area contributed by atoms with E-state index in [1.54, 1.807) is 25.1 Å². The second kappa shape index (κ2) is 9.17. The summed E-state index contributed by atoms with van der Waals surface area (Å²) in [6, 6.07) is 5.21. The lowest BCUT2D eigenvalue weighted by Gasteiger charge is -2.19. The van der Waals surface area contributed by atoms with Crippen LogP contribution in [0.3, 0.4) is 0 Å². The molecule has 0 atom stereocenters. The van der Waals surface area contributed by atoms with E-state index < -0.39 is 11.9 Å². The summed E-state index contributed by atoms with van der Waals surface area (Å²) in [6.07, 6.45) is -0.377. The van der Waals surface area contributed by atoms with Crippen LogP contribution in [0.2, 0.25) is 0 Å². The first kappa shape index (κ1) is 24.2. The molecule has 0 amide bonds. The van der Waals surface area contributed by atoms with E-state index in [0.717, 1.165) is 43.4 Å². The molecule has 0 bridgehead atoms. The van der Waals surface area contributed by atoms with Gasteiger partial charge in [-0.1, -0.05) is 19.9 Å². The Labute approximate surface area is 191 Å². The highest BCUT2D eigenvalue weighted by Gasteiger charge is 2.40. The molecule has 4 rings (SSSR count). The Kier molecular flexibility index (Phi) is 6.93. The number of nitrogens with zero attached hydrogens (tertiary/aromatic N) is 3. The first-order chi connectivity index (χ1) is 14.8. The lowest BCUT2D eigenvalue weighted by Crippen LogP contribution is -2.21. The summed E-state index contributed by atoms with van der Waals surface area (Å²) in [6.45, 7) is 5.91. The minimum Gasteiger partial charge on any atom is -0.497 e. The quantitative estimate of drug-likeness (QED) is 0.465. The van der Waals surface area contributed by atoms with E-state index in [2.05, 4.69) is 24.3 Å². The molecule has 1 N–H and O–H groups in total. The van der Waals surface area contributed by atoms with Crippen molar-refractivity contribution in [3.63, 3.8) is 0 Å². The molecule has 174 valence electrons. The Morgan fingerprint density at radius 3 is 2.50 bits per heavy atom. The number of methoxy groups -OCH3 is 1. The molecule has 2 aromatic heterocycles. The molecular formula is C23H28ClF3N4O. The van der Waals surface area contributed by atoms with Crippen LogP contribution in [0.4, 0.5) is 19.0 Å². The predicted molar refractivity (Wildman–Crippen MR) is 122 cm³/mol. The molecule has 9 heteroatoms. The van der Waals surface area contributed by atoms with Crippen molar-refractivity contribution in [1.29, 1.82) is 0 Å². The molecule has 0 saturated heterocycles. The Bertz CT molecular complexity index is 1120. The molecule has 3 aromatic rings. The number of hydrogen-bond donors (Lipinski definition) is 1. The fourth-order valence-electron chi connectivity index (χ4n) is 4.35. The summed E-state index contributed by atoms with van der Waals surface area (Å²) in [7, 11) is 1.53. The van der Waals surface area contributed by atoms with E-state index in [1.807, 2.05) is 0 Å². The molecule has 1 aromatic carbocycles. The third kappa shape index (κ3) is 4.12. The maximum absolute atomic E-state index is 14.1. The van der Waals surface area contributed by atoms with Gasteiger partial charge in [-0.2, -0.15) is 22.8 Å². The van der Waals surface area contributed by atoms with Gasteiger partial charge in [0.15, 0.2) is 11.3 Å². The lowest BCUT2D eigenvalue weighted by atomic mass is 9.99. The summed E-state index contributed by atoms with van der Waals surface area (Å²) in [5.41, 5.74) is 2.34. The maximum Gasteiger partial charge on any atom is 0.435 e. The maximum atomic E-state index is 14.1. The Hall–Kier alpha value is -2.48. The van der Waals surface area contributed by atoms with Gasteiger partial charge in [0.1, 0.15) is 11.6 Å². The number of nitrogens with one attached hydrogen (secondary N) is 1. The number of aromatic nitrogens is 3. The minimum atomic E-state index is -4.61. The zero-order valence-corrected chi connectivity index (χ0v) is 19.5. The normalized spacial score (nSPS) is 13.4. The summed E-state index contributed by atoms with van der Waals surface area (Å²) in [5, 5.41) is 7.55. The van der Waals surface area contributed by atoms with Crippen molar-refractivity contribution in [3.05, 3.63) is 40.7 Å². The molecule has 2 heterocycles. The number of fused-ring (bicyclic) bond motifs is 2. The molecule has 0 saturated carbocycles. The van der Waals surface area contributed by atoms with Crippen molar-refractivity contribution >= 4 is 23.9 Å². The van der Waals surface area contributed by atoms with Gasteiger partial charge in [-0.15, -0.1) is 12.4 Å². The van der Waals surface area contributed by atoms with Crippen LogP contribution in [-0.4, -0.2) is 27.7 Å². The first-order valence-corrected chi connectivity index (χ1v) is 10.7. The third-order valence-electron chi connectivity index (χ3n) is 6.09. The molecule has 32 heavy (non-hydrogen) atoms. The van der Waals surface area contributed by atoms with Gasteiger partial charge >= 0.3 is 6.18 Å². The molecule has 1 aliphatic carbocycles. The van der Waals surface area contributed by atoms with Crippen molar-refractivity contribution in [1.82, 2.24) is 14.6 Å². The van der Waals surface area contributed by atoms with Gasteiger partial charge in [-0.25, -0.2) is 4.98 Å². The largest absolute Gasteiger partial charge is 0.497 e. The fraction of sp³-hybridized carbons (Fsp3) is 0.478. The molecule has 0 aliphatic heterocycles. The van der Waals surface area contributed by atoms with Gasteiger partial charge in [0.05, 0.1) is 12.7 Å². The lowest BCUT2D eigenvalue weighted by molar-refractivity contribution is -0.140. The van der Waals surface area contributed by atoms with Crippen LogP contribution in [0, 0.1) is 6.92 Å². The smallest absolute Gasteiger partial charge is 0.435 e. The molecule has 5 nitrogen and oxygen atoms in total. The van der Waals surface area contributed by atoms with Crippen molar-refractivity contribution in [2.75, 3.05) is 12.4 Å². The van der Waals surface area contributed by atoms with E-state index in [9.17, 15) is 13.2 Å². The highest BCUT2D eigenvalue weighted by atomic mass is 35.5.